The van der Waals surface area contributed by atoms with E-state index in [0.29, 0.717) is 12.1 Å². The summed E-state index contributed by atoms with van der Waals surface area (Å²) in [7, 11) is 0. The van der Waals surface area contributed by atoms with Gasteiger partial charge in [0, 0.05) is 17.5 Å². The number of ketones is 1. The standard InChI is InChI=1S/C10H14FNO/c1-7(11)6-12-5-4-10(8(12)2)9(3)13/h4-5,7H,6H2,1-3H3. The van der Waals surface area contributed by atoms with Crippen LogP contribution in [0, 0.1) is 6.92 Å². The summed E-state index contributed by atoms with van der Waals surface area (Å²) < 4.78 is 14.4. The Kier molecular flexibility index (Phi) is 2.86. The molecular weight excluding hydrogens is 169 g/mol. The van der Waals surface area contributed by atoms with Gasteiger partial charge >= 0.3 is 0 Å². The third-order valence-electron chi connectivity index (χ3n) is 2.07. The molecule has 0 aliphatic rings. The summed E-state index contributed by atoms with van der Waals surface area (Å²) in [6.07, 6.45) is 0.869. The maximum Gasteiger partial charge on any atom is 0.161 e. The lowest BCUT2D eigenvalue weighted by atomic mass is 10.2. The fourth-order valence-corrected chi connectivity index (χ4v) is 1.39. The molecule has 0 amide bonds. The fraction of sp³-hybridized carbons (Fsp3) is 0.500. The number of alkyl halides is 1. The van der Waals surface area contributed by atoms with Crippen molar-refractivity contribution < 1.29 is 9.18 Å². The molecule has 72 valence electrons. The molecule has 0 bridgehead atoms. The molecule has 0 N–H and O–H groups in total. The fourth-order valence-electron chi connectivity index (χ4n) is 1.39. The number of Topliss-reactive ketones (excluding diaryl/α,β-unsaturated/α-hetero) is 1. The Hall–Kier alpha value is -1.12. The van der Waals surface area contributed by atoms with Crippen LogP contribution in [0.3, 0.4) is 0 Å². The zero-order chi connectivity index (χ0) is 10.0. The van der Waals surface area contributed by atoms with Crippen molar-refractivity contribution in [1.29, 1.82) is 0 Å². The lowest BCUT2D eigenvalue weighted by molar-refractivity contribution is 0.101. The molecule has 1 aromatic rings. The highest BCUT2D eigenvalue weighted by molar-refractivity contribution is 5.95. The third kappa shape index (κ3) is 2.17. The van der Waals surface area contributed by atoms with Crippen molar-refractivity contribution in [1.82, 2.24) is 4.57 Å². The van der Waals surface area contributed by atoms with Crippen molar-refractivity contribution in [2.75, 3.05) is 0 Å². The minimum atomic E-state index is -0.883. The summed E-state index contributed by atoms with van der Waals surface area (Å²) in [5, 5.41) is 0. The van der Waals surface area contributed by atoms with Gasteiger partial charge in [-0.1, -0.05) is 0 Å². The van der Waals surface area contributed by atoms with Crippen LogP contribution in [0.5, 0.6) is 0 Å². The van der Waals surface area contributed by atoms with Gasteiger partial charge in [0.05, 0.1) is 6.54 Å². The predicted octanol–water partition coefficient (Wildman–Crippen LogP) is 2.36. The van der Waals surface area contributed by atoms with Gasteiger partial charge in [-0.2, -0.15) is 0 Å². The molecule has 3 heteroatoms. The number of aromatic nitrogens is 1. The molecule has 0 saturated carbocycles. The Morgan fingerprint density at radius 2 is 2.31 bits per heavy atom. The normalized spacial score (nSPS) is 12.9. The zero-order valence-electron chi connectivity index (χ0n) is 8.17. The van der Waals surface area contributed by atoms with Crippen molar-refractivity contribution in [2.45, 2.75) is 33.5 Å². The Labute approximate surface area is 77.4 Å². The second-order valence-corrected chi connectivity index (χ2v) is 3.30. The van der Waals surface area contributed by atoms with Crippen LogP contribution in [0.15, 0.2) is 12.3 Å². The van der Waals surface area contributed by atoms with Crippen LogP contribution in [0.25, 0.3) is 0 Å². The summed E-state index contributed by atoms with van der Waals surface area (Å²) >= 11 is 0. The van der Waals surface area contributed by atoms with E-state index in [1.807, 2.05) is 6.92 Å². The summed E-state index contributed by atoms with van der Waals surface area (Å²) in [6.45, 7) is 5.18. The van der Waals surface area contributed by atoms with Crippen molar-refractivity contribution in [3.05, 3.63) is 23.5 Å². The maximum atomic E-state index is 12.7. The molecule has 0 aromatic carbocycles. The van der Waals surface area contributed by atoms with Crippen LogP contribution < -0.4 is 0 Å². The summed E-state index contributed by atoms with van der Waals surface area (Å²) in [5.74, 6) is 0.0303. The second-order valence-electron chi connectivity index (χ2n) is 3.30. The number of halogens is 1. The Morgan fingerprint density at radius 3 is 2.69 bits per heavy atom. The Morgan fingerprint density at radius 1 is 1.69 bits per heavy atom. The minimum Gasteiger partial charge on any atom is -0.348 e. The summed E-state index contributed by atoms with van der Waals surface area (Å²) in [4.78, 5) is 11.1. The van der Waals surface area contributed by atoms with E-state index in [-0.39, 0.29) is 5.78 Å². The molecule has 1 rings (SSSR count). The van der Waals surface area contributed by atoms with Gasteiger partial charge in [0.25, 0.3) is 0 Å². The Balaban J connectivity index is 2.93. The second kappa shape index (κ2) is 3.73. The first-order chi connectivity index (χ1) is 6.02. The quantitative estimate of drug-likeness (QED) is 0.659. The monoisotopic (exact) mass is 183 g/mol. The van der Waals surface area contributed by atoms with Crippen molar-refractivity contribution in [3.8, 4) is 0 Å². The van der Waals surface area contributed by atoms with E-state index in [9.17, 15) is 9.18 Å². The highest BCUT2D eigenvalue weighted by Crippen LogP contribution is 2.11. The molecule has 1 atom stereocenters. The molecule has 1 aromatic heterocycles. The van der Waals surface area contributed by atoms with Crippen LogP contribution in [-0.4, -0.2) is 16.5 Å². The molecule has 2 nitrogen and oxygen atoms in total. The van der Waals surface area contributed by atoms with E-state index in [0.717, 1.165) is 5.69 Å². The van der Waals surface area contributed by atoms with E-state index in [1.165, 1.54) is 13.8 Å². The predicted molar refractivity (Wildman–Crippen MR) is 49.7 cm³/mol. The molecule has 1 heterocycles. The Bertz CT molecular complexity index is 315. The van der Waals surface area contributed by atoms with Gasteiger partial charge in [0.2, 0.25) is 0 Å². The first-order valence-corrected chi connectivity index (χ1v) is 4.33. The van der Waals surface area contributed by atoms with Gasteiger partial charge < -0.3 is 4.57 Å². The van der Waals surface area contributed by atoms with Crippen LogP contribution in [0.1, 0.15) is 29.9 Å². The molecule has 0 aliphatic carbocycles. The lowest BCUT2D eigenvalue weighted by Crippen LogP contribution is -2.09. The van der Waals surface area contributed by atoms with E-state index >= 15 is 0 Å². The van der Waals surface area contributed by atoms with Crippen molar-refractivity contribution in [2.24, 2.45) is 0 Å². The highest BCUT2D eigenvalue weighted by Gasteiger charge is 2.09. The molecule has 13 heavy (non-hydrogen) atoms. The number of hydrogen-bond donors (Lipinski definition) is 0. The van der Waals surface area contributed by atoms with E-state index in [4.69, 9.17) is 0 Å². The highest BCUT2D eigenvalue weighted by atomic mass is 19.1. The van der Waals surface area contributed by atoms with Gasteiger partial charge in [-0.05, 0) is 26.8 Å². The average molecular weight is 183 g/mol. The summed E-state index contributed by atoms with van der Waals surface area (Å²) in [5.41, 5.74) is 1.53. The van der Waals surface area contributed by atoms with Crippen LogP contribution in [0.2, 0.25) is 0 Å². The van der Waals surface area contributed by atoms with Crippen LogP contribution in [-0.2, 0) is 6.54 Å². The molecule has 0 spiro atoms. The van der Waals surface area contributed by atoms with Crippen molar-refractivity contribution >= 4 is 5.78 Å². The largest absolute Gasteiger partial charge is 0.348 e. The molecule has 0 radical (unpaired) electrons. The van der Waals surface area contributed by atoms with Gasteiger partial charge in [0.1, 0.15) is 6.17 Å². The summed E-state index contributed by atoms with van der Waals surface area (Å²) in [6, 6.07) is 1.74. The SMILES string of the molecule is CC(=O)c1ccn(CC(C)F)c1C. The maximum absolute atomic E-state index is 12.7. The zero-order valence-corrected chi connectivity index (χ0v) is 8.17. The topological polar surface area (TPSA) is 22.0 Å². The number of nitrogens with zero attached hydrogens (tertiary/aromatic N) is 1. The third-order valence-corrected chi connectivity index (χ3v) is 2.07. The average Bonchev–Trinajstić information content (AvgIpc) is 2.32. The molecule has 1 unspecified atom stereocenters. The molecule has 0 aliphatic heterocycles. The van der Waals surface area contributed by atoms with E-state index in [1.54, 1.807) is 16.8 Å². The number of carbonyl (C=O) groups is 1. The van der Waals surface area contributed by atoms with Gasteiger partial charge in [0.15, 0.2) is 5.78 Å². The first kappa shape index (κ1) is 9.96. The van der Waals surface area contributed by atoms with E-state index < -0.39 is 6.17 Å². The number of hydrogen-bond acceptors (Lipinski definition) is 1. The van der Waals surface area contributed by atoms with Gasteiger partial charge in [-0.15, -0.1) is 0 Å². The number of rotatable bonds is 3. The minimum absolute atomic E-state index is 0.0303. The van der Waals surface area contributed by atoms with E-state index in [2.05, 4.69) is 0 Å². The smallest absolute Gasteiger partial charge is 0.161 e. The first-order valence-electron chi connectivity index (χ1n) is 4.33. The molecular formula is C10H14FNO. The van der Waals surface area contributed by atoms with Crippen molar-refractivity contribution in [3.63, 3.8) is 0 Å². The van der Waals surface area contributed by atoms with Gasteiger partial charge in [-0.3, -0.25) is 4.79 Å². The van der Waals surface area contributed by atoms with Gasteiger partial charge in [-0.25, -0.2) is 4.39 Å². The van der Waals surface area contributed by atoms with Crippen LogP contribution in [0.4, 0.5) is 4.39 Å². The van der Waals surface area contributed by atoms with Crippen LogP contribution >= 0.6 is 0 Å². The molecule has 0 saturated heterocycles. The molecule has 0 fully saturated rings. The lowest BCUT2D eigenvalue weighted by Gasteiger charge is -2.06. The number of carbonyl (C=O) groups excluding carboxylic acids is 1.